The largest absolute Gasteiger partial charge is 0.493 e. The molecule has 0 atom stereocenters. The van der Waals surface area contributed by atoms with Crippen molar-refractivity contribution in [2.45, 2.75) is 27.2 Å². The number of carbonyl (C=O) groups is 2. The monoisotopic (exact) mass is 548 g/mol. The van der Waals surface area contributed by atoms with Crippen LogP contribution < -0.4 is 14.8 Å². The minimum Gasteiger partial charge on any atom is -0.493 e. The number of halogens is 1. The Morgan fingerprint density at radius 2 is 1.97 bits per heavy atom. The first-order valence-electron chi connectivity index (χ1n) is 10.4. The van der Waals surface area contributed by atoms with Gasteiger partial charge in [0.1, 0.15) is 4.32 Å². The summed E-state index contributed by atoms with van der Waals surface area (Å²) in [5.74, 6) is 0.551. The number of nitrogens with zero attached hydrogens (tertiary/aromatic N) is 1. The van der Waals surface area contributed by atoms with E-state index in [0.29, 0.717) is 27.3 Å². The average Bonchev–Trinajstić information content (AvgIpc) is 3.06. The maximum absolute atomic E-state index is 12.6. The van der Waals surface area contributed by atoms with Crippen LogP contribution in [0, 0.1) is 13.8 Å². The molecule has 2 amide bonds. The summed E-state index contributed by atoms with van der Waals surface area (Å²) in [6, 6.07) is 9.05. The number of nitrogens with one attached hydrogen (secondary N) is 1. The molecular formula is C24H25BrN2O4S2. The van der Waals surface area contributed by atoms with Gasteiger partial charge in [0.15, 0.2) is 18.1 Å². The van der Waals surface area contributed by atoms with E-state index >= 15 is 0 Å². The first kappa shape index (κ1) is 25.3. The van der Waals surface area contributed by atoms with Crippen molar-refractivity contribution >= 4 is 67.8 Å². The predicted octanol–water partition coefficient (Wildman–Crippen LogP) is 5.70. The van der Waals surface area contributed by atoms with E-state index in [2.05, 4.69) is 21.2 Å². The molecule has 0 bridgehead atoms. The second-order valence-electron chi connectivity index (χ2n) is 7.43. The van der Waals surface area contributed by atoms with E-state index in [1.54, 1.807) is 23.1 Å². The highest BCUT2D eigenvalue weighted by Crippen LogP contribution is 2.35. The Bertz CT molecular complexity index is 1130. The summed E-state index contributed by atoms with van der Waals surface area (Å²) in [5, 5.41) is 2.88. The Morgan fingerprint density at radius 3 is 2.67 bits per heavy atom. The molecule has 1 heterocycles. The van der Waals surface area contributed by atoms with Gasteiger partial charge in [0, 0.05) is 16.7 Å². The van der Waals surface area contributed by atoms with Gasteiger partial charge < -0.3 is 14.8 Å². The van der Waals surface area contributed by atoms with E-state index in [1.807, 2.05) is 39.0 Å². The van der Waals surface area contributed by atoms with Gasteiger partial charge in [0.2, 0.25) is 0 Å². The first-order valence-corrected chi connectivity index (χ1v) is 12.4. The Hall–Kier alpha value is -2.36. The molecule has 1 aliphatic heterocycles. The molecule has 0 radical (unpaired) electrons. The summed E-state index contributed by atoms with van der Waals surface area (Å²) < 4.78 is 12.7. The van der Waals surface area contributed by atoms with Crippen LogP contribution in [0.5, 0.6) is 11.5 Å². The standard InChI is InChI=1S/C24H25BrN2O4S2/c1-5-10-27-23(29)21(33-24(27)32)12-16-6-9-19(20(11-16)30-4)31-13-22(28)26-18-8-7-17(25)14(2)15(18)3/h6-9,11-12H,5,10,13H2,1-4H3,(H,26,28)/b21-12-. The molecular weight excluding hydrogens is 524 g/mol. The Labute approximate surface area is 211 Å². The number of benzene rings is 2. The first-order chi connectivity index (χ1) is 15.7. The van der Waals surface area contributed by atoms with Crippen LogP contribution in [0.15, 0.2) is 39.7 Å². The van der Waals surface area contributed by atoms with E-state index in [0.717, 1.165) is 33.3 Å². The summed E-state index contributed by atoms with van der Waals surface area (Å²) in [6.07, 6.45) is 2.63. The molecule has 1 aliphatic rings. The maximum Gasteiger partial charge on any atom is 0.266 e. The summed E-state index contributed by atoms with van der Waals surface area (Å²) >= 11 is 10.1. The van der Waals surface area contributed by atoms with Crippen molar-refractivity contribution in [2.24, 2.45) is 0 Å². The Kier molecular flexibility index (Phi) is 8.56. The lowest BCUT2D eigenvalue weighted by Gasteiger charge is -2.14. The van der Waals surface area contributed by atoms with E-state index < -0.39 is 0 Å². The van der Waals surface area contributed by atoms with Gasteiger partial charge in [0.25, 0.3) is 11.8 Å². The lowest BCUT2D eigenvalue weighted by Crippen LogP contribution is -2.28. The number of amides is 2. The van der Waals surface area contributed by atoms with Crippen LogP contribution in [0.1, 0.15) is 30.0 Å². The molecule has 0 aliphatic carbocycles. The predicted molar refractivity (Wildman–Crippen MR) is 141 cm³/mol. The fourth-order valence-electron chi connectivity index (χ4n) is 3.21. The van der Waals surface area contributed by atoms with E-state index in [4.69, 9.17) is 21.7 Å². The average molecular weight is 550 g/mol. The number of rotatable bonds is 8. The molecule has 2 aromatic carbocycles. The SMILES string of the molecule is CCCN1C(=O)/C(=C/c2ccc(OCC(=O)Nc3ccc(Br)c(C)c3C)c(OC)c2)SC1=S. The molecule has 1 saturated heterocycles. The van der Waals surface area contributed by atoms with Crippen molar-refractivity contribution in [3.8, 4) is 11.5 Å². The lowest BCUT2D eigenvalue weighted by molar-refractivity contribution is -0.122. The molecule has 9 heteroatoms. The van der Waals surface area contributed by atoms with Crippen LogP contribution in [0.3, 0.4) is 0 Å². The van der Waals surface area contributed by atoms with Gasteiger partial charge >= 0.3 is 0 Å². The third-order valence-corrected chi connectivity index (χ3v) is 7.40. The van der Waals surface area contributed by atoms with E-state index in [9.17, 15) is 9.59 Å². The van der Waals surface area contributed by atoms with Crippen molar-refractivity contribution in [3.05, 3.63) is 56.4 Å². The molecule has 6 nitrogen and oxygen atoms in total. The number of thiocarbonyl (C=S) groups is 1. The van der Waals surface area contributed by atoms with Gasteiger partial charge in [-0.1, -0.05) is 52.9 Å². The maximum atomic E-state index is 12.6. The van der Waals surface area contributed by atoms with Crippen molar-refractivity contribution in [1.29, 1.82) is 0 Å². The van der Waals surface area contributed by atoms with Crippen molar-refractivity contribution < 1.29 is 19.1 Å². The number of ether oxygens (including phenoxy) is 2. The minimum absolute atomic E-state index is 0.0821. The topological polar surface area (TPSA) is 67.9 Å². The molecule has 174 valence electrons. The van der Waals surface area contributed by atoms with Crippen molar-refractivity contribution in [2.75, 3.05) is 25.6 Å². The van der Waals surface area contributed by atoms with E-state index in [1.165, 1.54) is 18.9 Å². The summed E-state index contributed by atoms with van der Waals surface area (Å²) in [5.41, 5.74) is 3.58. The molecule has 2 aromatic rings. The van der Waals surface area contributed by atoms with Crippen LogP contribution in [0.25, 0.3) is 6.08 Å². The smallest absolute Gasteiger partial charge is 0.266 e. The fourth-order valence-corrected chi connectivity index (χ4v) is 4.95. The molecule has 1 N–H and O–H groups in total. The van der Waals surface area contributed by atoms with Gasteiger partial charge in [-0.05, 0) is 67.3 Å². The normalized spacial score (nSPS) is 14.7. The number of hydrogen-bond donors (Lipinski definition) is 1. The summed E-state index contributed by atoms with van der Waals surface area (Å²) in [4.78, 5) is 27.2. The van der Waals surface area contributed by atoms with Crippen molar-refractivity contribution in [3.63, 3.8) is 0 Å². The molecule has 0 saturated carbocycles. The zero-order chi connectivity index (χ0) is 24.1. The van der Waals surface area contributed by atoms with Crippen molar-refractivity contribution in [1.82, 2.24) is 4.90 Å². The summed E-state index contributed by atoms with van der Waals surface area (Å²) in [7, 11) is 1.53. The van der Waals surface area contributed by atoms with Gasteiger partial charge in [0.05, 0.1) is 12.0 Å². The minimum atomic E-state index is -0.273. The third kappa shape index (κ3) is 5.96. The molecule has 33 heavy (non-hydrogen) atoms. The number of hydrogen-bond acceptors (Lipinski definition) is 6. The number of methoxy groups -OCH3 is 1. The molecule has 0 aromatic heterocycles. The third-order valence-electron chi connectivity index (χ3n) is 5.16. The van der Waals surface area contributed by atoms with Crippen LogP contribution >= 0.6 is 39.9 Å². The van der Waals surface area contributed by atoms with Gasteiger partial charge in [-0.2, -0.15) is 0 Å². The molecule has 1 fully saturated rings. The zero-order valence-corrected chi connectivity index (χ0v) is 22.1. The quantitative estimate of drug-likeness (QED) is 0.337. The number of carbonyl (C=O) groups excluding carboxylic acids is 2. The highest BCUT2D eigenvalue weighted by Gasteiger charge is 2.31. The second kappa shape index (κ2) is 11.2. The van der Waals surface area contributed by atoms with Crippen LogP contribution in [-0.4, -0.2) is 41.3 Å². The zero-order valence-electron chi connectivity index (χ0n) is 18.9. The highest BCUT2D eigenvalue weighted by atomic mass is 79.9. The van der Waals surface area contributed by atoms with Gasteiger partial charge in [-0.25, -0.2) is 0 Å². The van der Waals surface area contributed by atoms with Crippen LogP contribution in [-0.2, 0) is 9.59 Å². The Morgan fingerprint density at radius 1 is 1.21 bits per heavy atom. The fraction of sp³-hybridized carbons (Fsp3) is 0.292. The van der Waals surface area contributed by atoms with Crippen LogP contribution in [0.2, 0.25) is 0 Å². The molecule has 0 unspecified atom stereocenters. The number of thioether (sulfide) groups is 1. The Balaban J connectivity index is 1.68. The van der Waals surface area contributed by atoms with E-state index in [-0.39, 0.29) is 18.4 Å². The molecule has 0 spiro atoms. The highest BCUT2D eigenvalue weighted by molar-refractivity contribution is 9.10. The van der Waals surface area contributed by atoms with Crippen LogP contribution in [0.4, 0.5) is 5.69 Å². The van der Waals surface area contributed by atoms with Gasteiger partial charge in [-0.15, -0.1) is 0 Å². The molecule has 3 rings (SSSR count). The second-order valence-corrected chi connectivity index (χ2v) is 9.96. The van der Waals surface area contributed by atoms with Gasteiger partial charge in [-0.3, -0.25) is 14.5 Å². The lowest BCUT2D eigenvalue weighted by atomic mass is 10.1. The summed E-state index contributed by atoms with van der Waals surface area (Å²) in [6.45, 7) is 6.39. The number of anilines is 1.